The summed E-state index contributed by atoms with van der Waals surface area (Å²) in [6, 6.07) is 0. The molecule has 0 fully saturated rings. The second kappa shape index (κ2) is 10.4. The normalized spacial score (nSPS) is 12.1. The van der Waals surface area contributed by atoms with Crippen LogP contribution in [0.25, 0.3) is 0 Å². The van der Waals surface area contributed by atoms with E-state index in [1.165, 1.54) is 0 Å². The van der Waals surface area contributed by atoms with Crippen LogP contribution in [0.4, 0.5) is 0 Å². The quantitative estimate of drug-likeness (QED) is 0.338. The minimum absolute atomic E-state index is 0.115. The van der Waals surface area contributed by atoms with Gasteiger partial charge in [-0.3, -0.25) is 9.59 Å². The Morgan fingerprint density at radius 2 is 1.05 bits per heavy atom. The molecule has 0 unspecified atom stereocenters. The fraction of sp³-hybridized carbons (Fsp3) is 0.875. The molecule has 0 aromatic heterocycles. The highest BCUT2D eigenvalue weighted by Gasteiger charge is 2.23. The monoisotopic (exact) mass is 350 g/mol. The third kappa shape index (κ3) is 11.2. The van der Waals surface area contributed by atoms with Crippen LogP contribution in [0.15, 0.2) is 0 Å². The summed E-state index contributed by atoms with van der Waals surface area (Å²) in [5, 5.41) is 0. The molecule has 0 rings (SSSR count). The Hall–Kier alpha value is -0.360. The van der Waals surface area contributed by atoms with Gasteiger partial charge in [-0.25, -0.2) is 0 Å². The number of carbonyl (C=O) groups excluding carboxylic acids is 2. The van der Waals surface area contributed by atoms with Crippen molar-refractivity contribution in [3.63, 3.8) is 0 Å². The van der Waals surface area contributed by atoms with Crippen LogP contribution in [0, 0.1) is 0 Å². The van der Waals surface area contributed by atoms with Crippen molar-refractivity contribution < 1.29 is 19.1 Å². The molecule has 0 aromatic rings. The van der Waals surface area contributed by atoms with Gasteiger partial charge >= 0.3 is 11.9 Å². The highest BCUT2D eigenvalue weighted by molar-refractivity contribution is 7.81. The first-order chi connectivity index (χ1) is 10.1. The van der Waals surface area contributed by atoms with E-state index in [0.717, 1.165) is 38.5 Å². The lowest BCUT2D eigenvalue weighted by Gasteiger charge is -2.26. The average molecular weight is 351 g/mol. The van der Waals surface area contributed by atoms with Crippen molar-refractivity contribution in [2.75, 3.05) is 11.5 Å². The van der Waals surface area contributed by atoms with Gasteiger partial charge in [0.15, 0.2) is 0 Å². The number of ether oxygens (including phenoxy) is 2. The van der Waals surface area contributed by atoms with Crippen molar-refractivity contribution in [2.24, 2.45) is 0 Å². The van der Waals surface area contributed by atoms with Crippen LogP contribution in [0.2, 0.25) is 0 Å². The number of hydrogen-bond donors (Lipinski definition) is 2. The van der Waals surface area contributed by atoms with Crippen LogP contribution in [-0.4, -0.2) is 34.6 Å². The SMILES string of the molecule is CC(C)(CCCCCCC(C)(C)OC(=O)CS)OC(=O)CS. The lowest BCUT2D eigenvalue weighted by molar-refractivity contribution is -0.155. The second-order valence-corrected chi connectivity index (χ2v) is 7.33. The Balaban J connectivity index is 3.81. The highest BCUT2D eigenvalue weighted by atomic mass is 32.1. The van der Waals surface area contributed by atoms with Gasteiger partial charge in [-0.1, -0.05) is 12.8 Å². The summed E-state index contributed by atoms with van der Waals surface area (Å²) in [7, 11) is 0. The zero-order chi connectivity index (χ0) is 17.2. The summed E-state index contributed by atoms with van der Waals surface area (Å²) < 4.78 is 10.6. The third-order valence-electron chi connectivity index (χ3n) is 3.35. The summed E-state index contributed by atoms with van der Waals surface area (Å²) in [5.41, 5.74) is -0.859. The standard InChI is InChI=1S/C16H30O4S2/c1-15(2,19-13(17)11-21)9-7-5-6-8-10-16(3,4)20-14(18)12-22/h21-22H,5-12H2,1-4H3. The maximum absolute atomic E-state index is 11.2. The molecule has 0 amide bonds. The minimum Gasteiger partial charge on any atom is -0.459 e. The Morgan fingerprint density at radius 3 is 1.32 bits per heavy atom. The van der Waals surface area contributed by atoms with Crippen molar-refractivity contribution in [1.82, 2.24) is 0 Å². The molecule has 0 spiro atoms. The van der Waals surface area contributed by atoms with Crippen molar-refractivity contribution in [1.29, 1.82) is 0 Å². The van der Waals surface area contributed by atoms with E-state index in [1.807, 2.05) is 27.7 Å². The van der Waals surface area contributed by atoms with Gasteiger partial charge < -0.3 is 9.47 Å². The fourth-order valence-electron chi connectivity index (χ4n) is 2.24. The third-order valence-corrected chi connectivity index (χ3v) is 3.86. The average Bonchev–Trinajstić information content (AvgIpc) is 2.41. The van der Waals surface area contributed by atoms with E-state index in [-0.39, 0.29) is 23.4 Å². The summed E-state index contributed by atoms with van der Waals surface area (Å²) in [4.78, 5) is 22.5. The minimum atomic E-state index is -0.429. The number of unbranched alkanes of at least 4 members (excludes halogenated alkanes) is 3. The van der Waals surface area contributed by atoms with E-state index in [1.54, 1.807) is 0 Å². The van der Waals surface area contributed by atoms with Crippen molar-refractivity contribution in [2.45, 2.75) is 77.4 Å². The predicted octanol–water partition coefficient (Wildman–Crippen LogP) is 3.83. The van der Waals surface area contributed by atoms with Crippen molar-refractivity contribution in [3.8, 4) is 0 Å². The first kappa shape index (κ1) is 21.6. The molecular formula is C16H30O4S2. The summed E-state index contributed by atoms with van der Waals surface area (Å²) in [5.74, 6) is -0.324. The molecule has 0 aliphatic carbocycles. The maximum Gasteiger partial charge on any atom is 0.316 e. The fourth-order valence-corrected chi connectivity index (χ4v) is 2.37. The Kier molecular flexibility index (Phi) is 10.3. The molecule has 130 valence electrons. The lowest BCUT2D eigenvalue weighted by Crippen LogP contribution is -2.29. The van der Waals surface area contributed by atoms with Crippen molar-refractivity contribution in [3.05, 3.63) is 0 Å². The second-order valence-electron chi connectivity index (χ2n) is 6.70. The van der Waals surface area contributed by atoms with Crippen LogP contribution < -0.4 is 0 Å². The van der Waals surface area contributed by atoms with Crippen LogP contribution in [0.5, 0.6) is 0 Å². The molecule has 0 aliphatic heterocycles. The molecule has 0 saturated carbocycles. The maximum atomic E-state index is 11.2. The Morgan fingerprint density at radius 1 is 0.727 bits per heavy atom. The molecule has 0 bridgehead atoms. The molecule has 22 heavy (non-hydrogen) atoms. The Labute approximate surface area is 145 Å². The summed E-state index contributed by atoms with van der Waals surface area (Å²) in [6.07, 6.45) is 5.82. The van der Waals surface area contributed by atoms with Crippen LogP contribution >= 0.6 is 25.3 Å². The lowest BCUT2D eigenvalue weighted by atomic mass is 9.96. The van der Waals surface area contributed by atoms with E-state index in [0.29, 0.717) is 0 Å². The van der Waals surface area contributed by atoms with Gasteiger partial charge in [-0.05, 0) is 53.4 Å². The largest absolute Gasteiger partial charge is 0.459 e. The number of esters is 2. The molecule has 4 nitrogen and oxygen atoms in total. The van der Waals surface area contributed by atoms with Gasteiger partial charge in [0.05, 0.1) is 11.5 Å². The molecule has 0 radical (unpaired) electrons. The number of carbonyl (C=O) groups is 2. The van der Waals surface area contributed by atoms with Gasteiger partial charge in [-0.15, -0.1) is 0 Å². The van der Waals surface area contributed by atoms with E-state index >= 15 is 0 Å². The molecular weight excluding hydrogens is 320 g/mol. The van der Waals surface area contributed by atoms with E-state index in [9.17, 15) is 9.59 Å². The van der Waals surface area contributed by atoms with Gasteiger partial charge in [0.25, 0.3) is 0 Å². The van der Waals surface area contributed by atoms with Gasteiger partial charge in [0, 0.05) is 0 Å². The predicted molar refractivity (Wildman–Crippen MR) is 95.8 cm³/mol. The number of thiol groups is 2. The van der Waals surface area contributed by atoms with Gasteiger partial charge in [-0.2, -0.15) is 25.3 Å². The number of rotatable bonds is 11. The molecule has 0 heterocycles. The molecule has 0 atom stereocenters. The molecule has 0 N–H and O–H groups in total. The van der Waals surface area contributed by atoms with E-state index in [4.69, 9.17) is 9.47 Å². The summed E-state index contributed by atoms with van der Waals surface area (Å²) in [6.45, 7) is 7.70. The number of hydrogen-bond acceptors (Lipinski definition) is 6. The Bertz CT molecular complexity index is 320. The molecule has 0 saturated heterocycles. The molecule has 0 aromatic carbocycles. The van der Waals surface area contributed by atoms with Gasteiger partial charge in [0.2, 0.25) is 0 Å². The first-order valence-electron chi connectivity index (χ1n) is 7.77. The molecule has 6 heteroatoms. The smallest absolute Gasteiger partial charge is 0.316 e. The van der Waals surface area contributed by atoms with Crippen LogP contribution in [-0.2, 0) is 19.1 Å². The van der Waals surface area contributed by atoms with Crippen LogP contribution in [0.3, 0.4) is 0 Å². The topological polar surface area (TPSA) is 52.6 Å². The molecule has 0 aliphatic rings. The highest BCUT2D eigenvalue weighted by Crippen LogP contribution is 2.22. The van der Waals surface area contributed by atoms with Crippen LogP contribution in [0.1, 0.15) is 66.2 Å². The van der Waals surface area contributed by atoms with E-state index < -0.39 is 11.2 Å². The van der Waals surface area contributed by atoms with Crippen molar-refractivity contribution >= 4 is 37.2 Å². The zero-order valence-electron chi connectivity index (χ0n) is 14.2. The first-order valence-corrected chi connectivity index (χ1v) is 9.04. The van der Waals surface area contributed by atoms with E-state index in [2.05, 4.69) is 25.3 Å². The van der Waals surface area contributed by atoms with Gasteiger partial charge in [0.1, 0.15) is 11.2 Å². The zero-order valence-corrected chi connectivity index (χ0v) is 16.0. The summed E-state index contributed by atoms with van der Waals surface area (Å²) >= 11 is 7.81.